The Labute approximate surface area is 192 Å². The van der Waals surface area contributed by atoms with Crippen LogP contribution in [0.5, 0.6) is 0 Å². The van der Waals surface area contributed by atoms with Crippen molar-refractivity contribution in [3.05, 3.63) is 66.2 Å². The summed E-state index contributed by atoms with van der Waals surface area (Å²) in [5.41, 5.74) is 6.07. The van der Waals surface area contributed by atoms with Gasteiger partial charge in [0.2, 0.25) is 11.8 Å². The van der Waals surface area contributed by atoms with Gasteiger partial charge in [-0.05, 0) is 24.1 Å². The van der Waals surface area contributed by atoms with E-state index in [1.54, 1.807) is 42.5 Å². The number of hydrogen-bond donors (Lipinski definition) is 4. The molecule has 10 nitrogen and oxygen atoms in total. The summed E-state index contributed by atoms with van der Waals surface area (Å²) in [6, 6.07) is 15.5. The van der Waals surface area contributed by atoms with Crippen LogP contribution >= 0.6 is 0 Å². The Balaban J connectivity index is 1.75. The number of ether oxygens (including phenoxy) is 1. The minimum atomic E-state index is -3.66. The SMILES string of the molecule is NC(=O)[C@@H](CCS(=O)(=O)c1ccccc1)NC(=O)C[C@@H](O)CNC(=O)OCc1ccccc1. The number of hydrogen-bond acceptors (Lipinski definition) is 7. The molecule has 178 valence electrons. The van der Waals surface area contributed by atoms with Gasteiger partial charge in [-0.15, -0.1) is 0 Å². The van der Waals surface area contributed by atoms with E-state index in [4.69, 9.17) is 10.5 Å². The van der Waals surface area contributed by atoms with Crippen molar-refractivity contribution in [2.45, 2.75) is 36.5 Å². The summed E-state index contributed by atoms with van der Waals surface area (Å²) in [6.07, 6.45) is -2.68. The highest BCUT2D eigenvalue weighted by atomic mass is 32.2. The van der Waals surface area contributed by atoms with E-state index in [-0.39, 0.29) is 24.5 Å². The normalized spacial score (nSPS) is 12.9. The van der Waals surface area contributed by atoms with Gasteiger partial charge in [0, 0.05) is 6.54 Å². The van der Waals surface area contributed by atoms with Gasteiger partial charge in [0.15, 0.2) is 9.84 Å². The summed E-state index contributed by atoms with van der Waals surface area (Å²) in [7, 11) is -3.66. The zero-order chi connectivity index (χ0) is 24.3. The Morgan fingerprint density at radius 1 is 1.00 bits per heavy atom. The minimum Gasteiger partial charge on any atom is -0.445 e. The molecule has 0 heterocycles. The fourth-order valence-electron chi connectivity index (χ4n) is 2.82. The lowest BCUT2D eigenvalue weighted by atomic mass is 10.2. The number of sulfone groups is 1. The first-order valence-electron chi connectivity index (χ1n) is 10.2. The third-order valence-electron chi connectivity index (χ3n) is 4.57. The van der Waals surface area contributed by atoms with Crippen molar-refractivity contribution in [3.8, 4) is 0 Å². The number of aliphatic hydroxyl groups excluding tert-OH is 1. The van der Waals surface area contributed by atoms with Crippen LogP contribution in [0.15, 0.2) is 65.6 Å². The Morgan fingerprint density at radius 2 is 1.61 bits per heavy atom. The highest BCUT2D eigenvalue weighted by Gasteiger charge is 2.24. The van der Waals surface area contributed by atoms with Gasteiger partial charge in [0.05, 0.1) is 23.2 Å². The molecule has 5 N–H and O–H groups in total. The molecule has 2 aromatic carbocycles. The number of rotatable bonds is 12. The van der Waals surface area contributed by atoms with Crippen LogP contribution in [0, 0.1) is 0 Å². The molecule has 11 heteroatoms. The Morgan fingerprint density at radius 3 is 2.21 bits per heavy atom. The molecule has 0 aliphatic carbocycles. The standard InChI is InChI=1S/C22H27N3O7S/c23-21(28)19(11-12-33(30,31)18-9-5-2-6-10-18)25-20(27)13-17(26)14-24-22(29)32-15-16-7-3-1-4-8-16/h1-10,17,19,26H,11-15H2,(H2,23,28)(H,24,29)(H,25,27)/t17-,19-/m1/s1. The van der Waals surface area contributed by atoms with Gasteiger partial charge in [-0.1, -0.05) is 48.5 Å². The number of amides is 3. The van der Waals surface area contributed by atoms with Crippen LogP contribution in [0.4, 0.5) is 4.79 Å². The van der Waals surface area contributed by atoms with E-state index in [2.05, 4.69) is 10.6 Å². The fraction of sp³-hybridized carbons (Fsp3) is 0.318. The van der Waals surface area contributed by atoms with Crippen LogP contribution in [0.2, 0.25) is 0 Å². The van der Waals surface area contributed by atoms with E-state index in [0.29, 0.717) is 0 Å². The van der Waals surface area contributed by atoms with Gasteiger partial charge in [-0.3, -0.25) is 9.59 Å². The average Bonchev–Trinajstić information content (AvgIpc) is 2.80. The van der Waals surface area contributed by atoms with E-state index in [9.17, 15) is 27.9 Å². The first-order valence-corrected chi connectivity index (χ1v) is 11.8. The maximum absolute atomic E-state index is 12.4. The molecular weight excluding hydrogens is 450 g/mol. The van der Waals surface area contributed by atoms with Gasteiger partial charge < -0.3 is 26.2 Å². The molecule has 0 aliphatic rings. The van der Waals surface area contributed by atoms with E-state index < -0.39 is 52.1 Å². The molecule has 2 atom stereocenters. The van der Waals surface area contributed by atoms with Crippen LogP contribution in [0.1, 0.15) is 18.4 Å². The van der Waals surface area contributed by atoms with Gasteiger partial charge in [-0.2, -0.15) is 0 Å². The summed E-state index contributed by atoms with van der Waals surface area (Å²) in [6.45, 7) is -0.208. The third-order valence-corrected chi connectivity index (χ3v) is 6.34. The van der Waals surface area contributed by atoms with Crippen LogP contribution in [-0.4, -0.2) is 55.9 Å². The highest BCUT2D eigenvalue weighted by Crippen LogP contribution is 2.12. The molecule has 0 unspecified atom stereocenters. The fourth-order valence-corrected chi connectivity index (χ4v) is 4.17. The van der Waals surface area contributed by atoms with Crippen LogP contribution in [0.25, 0.3) is 0 Å². The third kappa shape index (κ3) is 9.29. The van der Waals surface area contributed by atoms with Crippen molar-refractivity contribution in [1.29, 1.82) is 0 Å². The average molecular weight is 478 g/mol. The van der Waals surface area contributed by atoms with E-state index in [0.717, 1.165) is 5.56 Å². The largest absolute Gasteiger partial charge is 0.445 e. The second-order valence-electron chi connectivity index (χ2n) is 7.24. The van der Waals surface area contributed by atoms with Crippen LogP contribution in [-0.2, 0) is 30.8 Å². The lowest BCUT2D eigenvalue weighted by Crippen LogP contribution is -2.46. The van der Waals surface area contributed by atoms with Gasteiger partial charge in [-0.25, -0.2) is 13.2 Å². The number of carbonyl (C=O) groups is 3. The number of nitrogens with two attached hydrogens (primary N) is 1. The molecule has 0 aromatic heterocycles. The molecule has 0 aliphatic heterocycles. The lowest BCUT2D eigenvalue weighted by molar-refractivity contribution is -0.128. The molecule has 3 amide bonds. The van der Waals surface area contributed by atoms with E-state index in [1.165, 1.54) is 12.1 Å². The first kappa shape index (κ1) is 25.8. The molecule has 33 heavy (non-hydrogen) atoms. The lowest BCUT2D eigenvalue weighted by Gasteiger charge is -2.17. The second kappa shape index (κ2) is 12.6. The molecule has 0 fully saturated rings. The monoisotopic (exact) mass is 477 g/mol. The second-order valence-corrected chi connectivity index (χ2v) is 9.35. The molecule has 2 aromatic rings. The predicted octanol–water partition coefficient (Wildman–Crippen LogP) is 0.498. The minimum absolute atomic E-state index is 0.0510. The molecule has 2 rings (SSSR count). The molecule has 0 spiro atoms. The van der Waals surface area contributed by atoms with Crippen molar-refractivity contribution < 1.29 is 32.6 Å². The van der Waals surface area contributed by atoms with Gasteiger partial charge >= 0.3 is 6.09 Å². The Hall–Kier alpha value is -3.44. The summed E-state index contributed by atoms with van der Waals surface area (Å²) in [5.74, 6) is -2.02. The highest BCUT2D eigenvalue weighted by molar-refractivity contribution is 7.91. The number of benzene rings is 2. The summed E-state index contributed by atoms with van der Waals surface area (Å²) in [4.78, 5) is 35.6. The predicted molar refractivity (Wildman–Crippen MR) is 119 cm³/mol. The smallest absolute Gasteiger partial charge is 0.407 e. The molecule has 0 bridgehead atoms. The topological polar surface area (TPSA) is 165 Å². The first-order chi connectivity index (χ1) is 15.7. The maximum Gasteiger partial charge on any atom is 0.407 e. The van der Waals surface area contributed by atoms with Crippen molar-refractivity contribution in [3.63, 3.8) is 0 Å². The van der Waals surface area contributed by atoms with Crippen molar-refractivity contribution in [2.24, 2.45) is 5.73 Å². The zero-order valence-corrected chi connectivity index (χ0v) is 18.7. The number of carbonyl (C=O) groups excluding carboxylic acids is 3. The number of nitrogens with one attached hydrogen (secondary N) is 2. The number of primary amides is 1. The molecule has 0 saturated carbocycles. The molecule has 0 radical (unpaired) electrons. The van der Waals surface area contributed by atoms with Crippen LogP contribution < -0.4 is 16.4 Å². The summed E-state index contributed by atoms with van der Waals surface area (Å²) in [5, 5.41) is 14.6. The number of aliphatic hydroxyl groups is 1. The number of alkyl carbamates (subject to hydrolysis) is 1. The zero-order valence-electron chi connectivity index (χ0n) is 17.8. The molecular formula is C22H27N3O7S. The summed E-state index contributed by atoms with van der Waals surface area (Å²) >= 11 is 0. The summed E-state index contributed by atoms with van der Waals surface area (Å²) < 4.78 is 29.7. The van der Waals surface area contributed by atoms with Crippen molar-refractivity contribution >= 4 is 27.7 Å². The van der Waals surface area contributed by atoms with Gasteiger partial charge in [0.25, 0.3) is 0 Å². The molecule has 0 saturated heterocycles. The Kier molecular flexibility index (Phi) is 9.83. The van der Waals surface area contributed by atoms with Crippen molar-refractivity contribution in [1.82, 2.24) is 10.6 Å². The van der Waals surface area contributed by atoms with E-state index in [1.807, 2.05) is 6.07 Å². The van der Waals surface area contributed by atoms with Crippen molar-refractivity contribution in [2.75, 3.05) is 12.3 Å². The van der Waals surface area contributed by atoms with Gasteiger partial charge in [0.1, 0.15) is 12.6 Å². The Bertz CT molecular complexity index is 1030. The quantitative estimate of drug-likeness (QED) is 0.345. The van der Waals surface area contributed by atoms with Crippen LogP contribution in [0.3, 0.4) is 0 Å². The maximum atomic E-state index is 12.4. The van der Waals surface area contributed by atoms with E-state index >= 15 is 0 Å².